The molecule has 1 N–H and O–H groups in total. The van der Waals surface area contributed by atoms with E-state index in [9.17, 15) is 0 Å². The van der Waals surface area contributed by atoms with Crippen molar-refractivity contribution in [3.05, 3.63) is 60.7 Å². The topological polar surface area (TPSA) is 37.3 Å². The fourth-order valence-electron chi connectivity index (χ4n) is 1.26. The average molecular weight is 251 g/mol. The van der Waals surface area contributed by atoms with Crippen molar-refractivity contribution in [2.24, 2.45) is 0 Å². The summed E-state index contributed by atoms with van der Waals surface area (Å²) in [6.45, 7) is 0. The van der Waals surface area contributed by atoms with E-state index in [0.29, 0.717) is 0 Å². The van der Waals surface area contributed by atoms with Gasteiger partial charge in [0.05, 0.1) is 0 Å². The molecular formula is C12H11O2S2-. The van der Waals surface area contributed by atoms with Gasteiger partial charge in [0.25, 0.3) is 0 Å². The van der Waals surface area contributed by atoms with Gasteiger partial charge < -0.3 is 8.76 Å². The smallest absolute Gasteiger partial charge is 0.0184 e. The van der Waals surface area contributed by atoms with Crippen LogP contribution in [-0.2, 0) is 25.0 Å². The molecular weight excluding hydrogens is 240 g/mol. The van der Waals surface area contributed by atoms with Crippen LogP contribution in [0.3, 0.4) is 0 Å². The second-order valence-electron chi connectivity index (χ2n) is 2.95. The van der Waals surface area contributed by atoms with Gasteiger partial charge in [-0.3, -0.25) is 0 Å². The van der Waals surface area contributed by atoms with E-state index in [0.717, 1.165) is 0 Å². The lowest BCUT2D eigenvalue weighted by Crippen LogP contribution is -1.73. The van der Waals surface area contributed by atoms with Crippen LogP contribution in [0.2, 0.25) is 0 Å². The van der Waals surface area contributed by atoms with Crippen molar-refractivity contribution >= 4 is 20.8 Å². The average Bonchev–Trinajstić information content (AvgIpc) is 2.31. The van der Waals surface area contributed by atoms with E-state index in [4.69, 9.17) is 8.76 Å². The first kappa shape index (κ1) is 12.8. The number of hydrogen-bond acceptors (Lipinski definition) is 3. The predicted octanol–water partition coefficient (Wildman–Crippen LogP) is 3.24. The van der Waals surface area contributed by atoms with Crippen LogP contribution in [0.25, 0.3) is 11.1 Å². The van der Waals surface area contributed by atoms with Gasteiger partial charge in [-0.25, -0.2) is 11.2 Å². The first-order valence-electron chi connectivity index (χ1n) is 4.59. The van der Waals surface area contributed by atoms with Crippen LogP contribution < -0.4 is 0 Å². The molecule has 0 aliphatic heterocycles. The molecule has 2 nitrogen and oxygen atoms in total. The molecule has 0 saturated heterocycles. The predicted molar refractivity (Wildman–Crippen MR) is 69.9 cm³/mol. The molecule has 2 aromatic carbocycles. The Morgan fingerprint density at radius 1 is 0.812 bits per heavy atom. The molecule has 0 aliphatic rings. The van der Waals surface area contributed by atoms with Gasteiger partial charge in [-0.1, -0.05) is 70.3 Å². The summed E-state index contributed by atoms with van der Waals surface area (Å²) in [5, 5.41) is 0. The molecule has 0 aliphatic carbocycles. The fourth-order valence-corrected chi connectivity index (χ4v) is 1.26. The van der Waals surface area contributed by atoms with Crippen LogP contribution >= 0.6 is 0 Å². The van der Waals surface area contributed by atoms with Gasteiger partial charge in [0.2, 0.25) is 0 Å². The van der Waals surface area contributed by atoms with Crippen molar-refractivity contribution in [3.8, 4) is 11.1 Å². The summed E-state index contributed by atoms with van der Waals surface area (Å²) < 4.78 is 16.3. The molecule has 0 unspecified atom stereocenters. The van der Waals surface area contributed by atoms with Crippen molar-refractivity contribution < 1.29 is 8.76 Å². The van der Waals surface area contributed by atoms with Crippen LogP contribution in [-0.4, -0.2) is 4.55 Å². The first-order chi connectivity index (χ1) is 7.70. The van der Waals surface area contributed by atoms with Gasteiger partial charge in [0.1, 0.15) is 0 Å². The highest BCUT2D eigenvalue weighted by Gasteiger charge is 1.91. The molecule has 84 valence electrons. The Bertz CT molecular complexity index is 433. The van der Waals surface area contributed by atoms with E-state index in [-0.39, 0.29) is 0 Å². The highest BCUT2D eigenvalue weighted by molar-refractivity contribution is 8.18. The molecule has 0 radical (unpaired) electrons. The molecule has 2 aromatic rings. The molecule has 0 heterocycles. The minimum Gasteiger partial charge on any atom is -0.459 e. The molecule has 0 atom stereocenters. The van der Waals surface area contributed by atoms with Gasteiger partial charge >= 0.3 is 0 Å². The number of rotatable bonds is 1. The van der Waals surface area contributed by atoms with E-state index in [1.807, 2.05) is 12.1 Å². The lowest BCUT2D eigenvalue weighted by Gasteiger charge is -1.98. The van der Waals surface area contributed by atoms with Crippen molar-refractivity contribution in [1.29, 1.82) is 0 Å². The zero-order chi connectivity index (χ0) is 11.8. The summed E-state index contributed by atoms with van der Waals surface area (Å²) in [5.74, 6) is 0. The van der Waals surface area contributed by atoms with Gasteiger partial charge in [-0.05, 0) is 11.1 Å². The normalized spacial score (nSPS) is 9.38. The summed E-state index contributed by atoms with van der Waals surface area (Å²) >= 11 is 3.65. The second kappa shape index (κ2) is 7.11. The first-order valence-corrected chi connectivity index (χ1v) is 6.62. The maximum atomic E-state index is 8.93. The van der Waals surface area contributed by atoms with Gasteiger partial charge in [0, 0.05) is 0 Å². The van der Waals surface area contributed by atoms with Crippen LogP contribution in [0.4, 0.5) is 0 Å². The summed E-state index contributed by atoms with van der Waals surface area (Å²) in [5.41, 5.74) is 2.55. The highest BCUT2D eigenvalue weighted by atomic mass is 32.8. The minimum atomic E-state index is -2.03. The number of hydrogen-bond donors (Lipinski definition) is 1. The fraction of sp³-hybridized carbons (Fsp3) is 0. The van der Waals surface area contributed by atoms with E-state index in [1.165, 1.54) is 11.1 Å². The van der Waals surface area contributed by atoms with Crippen molar-refractivity contribution in [3.63, 3.8) is 0 Å². The van der Waals surface area contributed by atoms with Gasteiger partial charge in [0.15, 0.2) is 0 Å². The third-order valence-corrected chi connectivity index (χ3v) is 1.88. The molecule has 0 amide bonds. The quantitative estimate of drug-likeness (QED) is 0.624. The zero-order valence-corrected chi connectivity index (χ0v) is 10.1. The Labute approximate surface area is 101 Å². The summed E-state index contributed by atoms with van der Waals surface area (Å²) in [4.78, 5) is 0. The van der Waals surface area contributed by atoms with Crippen LogP contribution in [0.15, 0.2) is 60.7 Å². The number of benzene rings is 2. The molecule has 16 heavy (non-hydrogen) atoms. The monoisotopic (exact) mass is 251 g/mol. The van der Waals surface area contributed by atoms with Crippen molar-refractivity contribution in [1.82, 2.24) is 0 Å². The summed E-state index contributed by atoms with van der Waals surface area (Å²) in [7, 11) is -2.03. The Hall–Kier alpha value is -1.23. The van der Waals surface area contributed by atoms with E-state index >= 15 is 0 Å². The lowest BCUT2D eigenvalue weighted by molar-refractivity contribution is 0.536. The molecule has 0 bridgehead atoms. The van der Waals surface area contributed by atoms with Crippen molar-refractivity contribution in [2.45, 2.75) is 0 Å². The molecule has 0 aromatic heterocycles. The standard InChI is InChI=1S/C12H10.HO2S2/c1-3-7-11(8-4-1)12-9-5-2-6-10-12;1-4(2)3/h1-10H;(H,1,2,3)/q;-1. The van der Waals surface area contributed by atoms with Crippen LogP contribution in [0.1, 0.15) is 0 Å². The Morgan fingerprint density at radius 2 is 1.06 bits per heavy atom. The maximum absolute atomic E-state index is 8.93. The highest BCUT2D eigenvalue weighted by Crippen LogP contribution is 2.17. The van der Waals surface area contributed by atoms with Gasteiger partial charge in [-0.2, -0.15) is 0 Å². The Kier molecular flexibility index (Phi) is 5.71. The summed E-state index contributed by atoms with van der Waals surface area (Å²) in [6, 6.07) is 20.8. The zero-order valence-electron chi connectivity index (χ0n) is 8.45. The molecule has 0 spiro atoms. The molecule has 0 fully saturated rings. The van der Waals surface area contributed by atoms with E-state index in [2.05, 4.69) is 59.7 Å². The van der Waals surface area contributed by atoms with E-state index < -0.39 is 9.64 Å². The molecule has 2 rings (SSSR count). The Morgan fingerprint density at radius 3 is 1.31 bits per heavy atom. The third kappa shape index (κ3) is 5.02. The van der Waals surface area contributed by atoms with Crippen molar-refractivity contribution in [2.75, 3.05) is 0 Å². The van der Waals surface area contributed by atoms with Gasteiger partial charge in [-0.15, -0.1) is 0 Å². The molecule has 4 heteroatoms. The van der Waals surface area contributed by atoms with E-state index in [1.54, 1.807) is 0 Å². The maximum Gasteiger partial charge on any atom is -0.0184 e. The second-order valence-corrected chi connectivity index (χ2v) is 4.24. The molecule has 0 saturated carbocycles. The minimum absolute atomic E-state index is 1.28. The van der Waals surface area contributed by atoms with Crippen LogP contribution in [0.5, 0.6) is 0 Å². The lowest BCUT2D eigenvalue weighted by atomic mass is 10.1. The largest absolute Gasteiger partial charge is 0.459 e. The van der Waals surface area contributed by atoms with Crippen LogP contribution in [0, 0.1) is 0 Å². The SMILES string of the molecule is O=[S-](O)=S.c1ccc(-c2ccccc2)cc1. The third-order valence-electron chi connectivity index (χ3n) is 1.88. The Balaban J connectivity index is 0.000000280. The summed E-state index contributed by atoms with van der Waals surface area (Å²) in [6.07, 6.45) is 0.